The molecule has 0 aliphatic heterocycles. The van der Waals surface area contributed by atoms with Crippen molar-refractivity contribution in [2.75, 3.05) is 12.3 Å². The van der Waals surface area contributed by atoms with Crippen molar-refractivity contribution in [3.05, 3.63) is 0 Å². The predicted octanol–water partition coefficient (Wildman–Crippen LogP) is 2.56. The van der Waals surface area contributed by atoms with Gasteiger partial charge in [0.2, 0.25) is 0 Å². The summed E-state index contributed by atoms with van der Waals surface area (Å²) in [4.78, 5) is 24.6. The van der Waals surface area contributed by atoms with E-state index >= 15 is 0 Å². The summed E-state index contributed by atoms with van der Waals surface area (Å²) in [6, 6.07) is -0.175. The van der Waals surface area contributed by atoms with Gasteiger partial charge in [-0.1, -0.05) is 6.92 Å². The summed E-state index contributed by atoms with van der Waals surface area (Å²) in [5.41, 5.74) is 0. The smallest absolute Gasteiger partial charge is 0.317 e. The Labute approximate surface area is 125 Å². The number of carboxylic acids is 1. The molecule has 0 aromatic carbocycles. The molecule has 2 amide bonds. The van der Waals surface area contributed by atoms with Crippen molar-refractivity contribution in [2.24, 2.45) is 0 Å². The Morgan fingerprint density at radius 1 is 1.40 bits per heavy atom. The van der Waals surface area contributed by atoms with Crippen LogP contribution in [-0.4, -0.2) is 51.6 Å². The molecule has 2 N–H and O–H groups in total. The maximum absolute atomic E-state index is 12.2. The van der Waals surface area contributed by atoms with Gasteiger partial charge in [0.1, 0.15) is 0 Å². The van der Waals surface area contributed by atoms with E-state index in [2.05, 4.69) is 12.2 Å². The molecule has 0 heterocycles. The zero-order valence-electron chi connectivity index (χ0n) is 12.6. The van der Waals surface area contributed by atoms with Crippen molar-refractivity contribution < 1.29 is 14.7 Å². The normalized spacial score (nSPS) is 23.4. The molecule has 116 valence electrons. The molecular formula is C14H26N2O3S. The van der Waals surface area contributed by atoms with Gasteiger partial charge in [-0.05, 0) is 38.9 Å². The summed E-state index contributed by atoms with van der Waals surface area (Å²) < 4.78 is 0. The molecule has 0 spiro atoms. The lowest BCUT2D eigenvalue weighted by Crippen LogP contribution is -2.48. The molecule has 0 radical (unpaired) electrons. The Morgan fingerprint density at radius 3 is 2.65 bits per heavy atom. The molecule has 1 rings (SSSR count). The second-order valence-electron chi connectivity index (χ2n) is 5.27. The van der Waals surface area contributed by atoms with Crippen LogP contribution in [0, 0.1) is 0 Å². The first kappa shape index (κ1) is 17.1. The highest BCUT2D eigenvalue weighted by Crippen LogP contribution is 2.29. The Morgan fingerprint density at radius 2 is 2.10 bits per heavy atom. The fourth-order valence-electron chi connectivity index (χ4n) is 2.73. The van der Waals surface area contributed by atoms with Crippen LogP contribution in [0.3, 0.4) is 0 Å². The molecule has 20 heavy (non-hydrogen) atoms. The Hall–Kier alpha value is -0.910. The monoisotopic (exact) mass is 302 g/mol. The zero-order valence-corrected chi connectivity index (χ0v) is 13.4. The van der Waals surface area contributed by atoms with Gasteiger partial charge in [0.25, 0.3) is 0 Å². The number of carboxylic acid groups (broad SMARTS) is 1. The highest BCUT2D eigenvalue weighted by Gasteiger charge is 2.28. The van der Waals surface area contributed by atoms with Crippen LogP contribution in [-0.2, 0) is 4.79 Å². The molecule has 5 nitrogen and oxygen atoms in total. The van der Waals surface area contributed by atoms with Crippen LogP contribution in [0.1, 0.15) is 46.5 Å². The van der Waals surface area contributed by atoms with E-state index in [0.29, 0.717) is 11.8 Å². The van der Waals surface area contributed by atoms with Gasteiger partial charge in [0.15, 0.2) is 0 Å². The van der Waals surface area contributed by atoms with Crippen LogP contribution in [0.25, 0.3) is 0 Å². The Kier molecular flexibility index (Phi) is 7.19. The highest BCUT2D eigenvalue weighted by atomic mass is 32.2. The number of hydrogen-bond donors (Lipinski definition) is 2. The minimum atomic E-state index is -0.871. The van der Waals surface area contributed by atoms with E-state index in [-0.39, 0.29) is 24.5 Å². The molecule has 1 saturated carbocycles. The molecule has 3 atom stereocenters. The average Bonchev–Trinajstić information content (AvgIpc) is 2.76. The van der Waals surface area contributed by atoms with E-state index in [4.69, 9.17) is 5.11 Å². The number of thioether (sulfide) groups is 1. The van der Waals surface area contributed by atoms with Crippen molar-refractivity contribution in [1.82, 2.24) is 10.2 Å². The van der Waals surface area contributed by atoms with Gasteiger partial charge in [-0.3, -0.25) is 4.79 Å². The summed E-state index contributed by atoms with van der Waals surface area (Å²) in [5.74, 6) is 0.242. The van der Waals surface area contributed by atoms with Crippen molar-refractivity contribution in [3.63, 3.8) is 0 Å². The minimum Gasteiger partial charge on any atom is -0.481 e. The van der Waals surface area contributed by atoms with Gasteiger partial charge < -0.3 is 15.3 Å². The Bertz CT molecular complexity index is 338. The molecule has 1 aliphatic carbocycles. The highest BCUT2D eigenvalue weighted by molar-refractivity contribution is 7.99. The molecule has 1 fully saturated rings. The van der Waals surface area contributed by atoms with Crippen LogP contribution in [0.15, 0.2) is 0 Å². The quantitative estimate of drug-likeness (QED) is 0.758. The van der Waals surface area contributed by atoms with Crippen molar-refractivity contribution in [3.8, 4) is 0 Å². The summed E-state index contributed by atoms with van der Waals surface area (Å²) in [6.45, 7) is 6.34. The lowest BCUT2D eigenvalue weighted by Gasteiger charge is -2.28. The third-order valence-electron chi connectivity index (χ3n) is 3.72. The first-order valence-corrected chi connectivity index (χ1v) is 8.43. The maximum atomic E-state index is 12.2. The van der Waals surface area contributed by atoms with E-state index in [0.717, 1.165) is 25.0 Å². The van der Waals surface area contributed by atoms with Gasteiger partial charge in [-0.25, -0.2) is 4.79 Å². The third-order valence-corrected chi connectivity index (χ3v) is 4.95. The molecule has 6 heteroatoms. The average molecular weight is 302 g/mol. The summed E-state index contributed by atoms with van der Waals surface area (Å²) >= 11 is 1.96. The fraction of sp³-hybridized carbons (Fsp3) is 0.857. The molecule has 3 unspecified atom stereocenters. The van der Waals surface area contributed by atoms with Gasteiger partial charge in [-0.15, -0.1) is 0 Å². The zero-order chi connectivity index (χ0) is 15.1. The SMILES string of the molecule is CCSC1CCC(NC(=O)N(CC)C(C)CC(=O)O)C1. The first-order valence-electron chi connectivity index (χ1n) is 7.38. The van der Waals surface area contributed by atoms with Crippen LogP contribution < -0.4 is 5.32 Å². The fourth-order valence-corrected chi connectivity index (χ4v) is 3.88. The van der Waals surface area contributed by atoms with E-state index < -0.39 is 5.97 Å². The van der Waals surface area contributed by atoms with E-state index in [1.54, 1.807) is 11.8 Å². The van der Waals surface area contributed by atoms with Gasteiger partial charge in [-0.2, -0.15) is 11.8 Å². The maximum Gasteiger partial charge on any atom is 0.317 e. The lowest BCUT2D eigenvalue weighted by molar-refractivity contribution is -0.138. The summed E-state index contributed by atoms with van der Waals surface area (Å²) in [7, 11) is 0. The van der Waals surface area contributed by atoms with E-state index in [9.17, 15) is 9.59 Å². The minimum absolute atomic E-state index is 0.0137. The number of urea groups is 1. The molecule has 0 aromatic heterocycles. The number of amides is 2. The van der Waals surface area contributed by atoms with Crippen LogP contribution in [0.5, 0.6) is 0 Å². The predicted molar refractivity (Wildman–Crippen MR) is 82.2 cm³/mol. The van der Waals surface area contributed by atoms with Gasteiger partial charge in [0, 0.05) is 23.9 Å². The van der Waals surface area contributed by atoms with Gasteiger partial charge in [0.05, 0.1) is 6.42 Å². The molecule has 0 aromatic rings. The standard InChI is InChI=1S/C14H26N2O3S/c1-4-16(10(3)8-13(17)18)14(19)15-11-6-7-12(9-11)20-5-2/h10-12H,4-9H2,1-3H3,(H,15,19)(H,17,18). The van der Waals surface area contributed by atoms with Gasteiger partial charge >= 0.3 is 12.0 Å². The largest absolute Gasteiger partial charge is 0.481 e. The number of nitrogens with zero attached hydrogens (tertiary/aromatic N) is 1. The second kappa shape index (κ2) is 8.39. The number of carbonyl (C=O) groups is 2. The summed E-state index contributed by atoms with van der Waals surface area (Å²) in [5, 5.41) is 12.5. The first-order chi connectivity index (χ1) is 9.47. The molecular weight excluding hydrogens is 276 g/mol. The number of nitrogens with one attached hydrogen (secondary N) is 1. The summed E-state index contributed by atoms with van der Waals surface area (Å²) in [6.07, 6.45) is 3.18. The van der Waals surface area contributed by atoms with E-state index in [1.807, 2.05) is 18.7 Å². The number of hydrogen-bond acceptors (Lipinski definition) is 3. The van der Waals surface area contributed by atoms with Crippen LogP contribution in [0.4, 0.5) is 4.79 Å². The number of carbonyl (C=O) groups excluding carboxylic acids is 1. The topological polar surface area (TPSA) is 69.6 Å². The van der Waals surface area contributed by atoms with Crippen molar-refractivity contribution >= 4 is 23.8 Å². The van der Waals surface area contributed by atoms with Crippen LogP contribution >= 0.6 is 11.8 Å². The Balaban J connectivity index is 2.45. The van der Waals surface area contributed by atoms with Crippen LogP contribution in [0.2, 0.25) is 0 Å². The number of rotatable bonds is 7. The van der Waals surface area contributed by atoms with E-state index in [1.165, 1.54) is 0 Å². The lowest BCUT2D eigenvalue weighted by atomic mass is 10.2. The van der Waals surface area contributed by atoms with Crippen molar-refractivity contribution in [2.45, 2.75) is 63.8 Å². The third kappa shape index (κ3) is 5.23. The second-order valence-corrected chi connectivity index (χ2v) is 6.85. The molecule has 0 bridgehead atoms. The molecule has 1 aliphatic rings. The van der Waals surface area contributed by atoms with Crippen molar-refractivity contribution in [1.29, 1.82) is 0 Å². The number of aliphatic carboxylic acids is 1. The molecule has 0 saturated heterocycles.